The van der Waals surface area contributed by atoms with Gasteiger partial charge in [0.2, 0.25) is 0 Å². The van der Waals surface area contributed by atoms with E-state index in [-0.39, 0.29) is 11.1 Å². The fraction of sp³-hybridized carbons (Fsp3) is 0.667. The number of fused-ring (bicyclic) bond motifs is 1. The van der Waals surface area contributed by atoms with Crippen molar-refractivity contribution in [3.05, 3.63) is 35.4 Å². The summed E-state index contributed by atoms with van der Waals surface area (Å²) >= 11 is 0. The van der Waals surface area contributed by atoms with Gasteiger partial charge < -0.3 is 10.5 Å². The lowest BCUT2D eigenvalue weighted by Crippen LogP contribution is -2.49. The predicted molar refractivity (Wildman–Crippen MR) is 80.5 cm³/mol. The molecule has 1 saturated carbocycles. The zero-order valence-corrected chi connectivity index (χ0v) is 12.2. The third kappa shape index (κ3) is 1.85. The van der Waals surface area contributed by atoms with E-state index in [4.69, 9.17) is 10.5 Å². The highest BCUT2D eigenvalue weighted by Gasteiger charge is 2.48. The Labute approximate surface area is 121 Å². The molecule has 0 aromatic heterocycles. The monoisotopic (exact) mass is 271 g/mol. The highest BCUT2D eigenvalue weighted by Crippen LogP contribution is 2.50. The number of ether oxygens (including phenoxy) is 1. The summed E-state index contributed by atoms with van der Waals surface area (Å²) in [7, 11) is 0. The Kier molecular flexibility index (Phi) is 2.94. The zero-order valence-electron chi connectivity index (χ0n) is 12.2. The quantitative estimate of drug-likeness (QED) is 0.848. The Bertz CT molecular complexity index is 506. The molecule has 2 atom stereocenters. The summed E-state index contributed by atoms with van der Waals surface area (Å²) in [5, 5.41) is 0. The van der Waals surface area contributed by atoms with Crippen molar-refractivity contribution in [2.24, 2.45) is 11.7 Å². The van der Waals surface area contributed by atoms with Crippen molar-refractivity contribution in [2.75, 3.05) is 6.61 Å². The fourth-order valence-corrected chi connectivity index (χ4v) is 4.93. The van der Waals surface area contributed by atoms with Crippen LogP contribution in [0.15, 0.2) is 24.3 Å². The summed E-state index contributed by atoms with van der Waals surface area (Å²) in [6, 6.07) is 8.82. The second kappa shape index (κ2) is 4.57. The molecule has 3 aliphatic rings. The largest absolute Gasteiger partial charge is 0.375 e. The van der Waals surface area contributed by atoms with Crippen LogP contribution >= 0.6 is 0 Å². The van der Waals surface area contributed by atoms with Crippen molar-refractivity contribution in [1.82, 2.24) is 0 Å². The minimum Gasteiger partial charge on any atom is -0.375 e. The van der Waals surface area contributed by atoms with Gasteiger partial charge in [0.15, 0.2) is 0 Å². The molecule has 2 heteroatoms. The highest BCUT2D eigenvalue weighted by atomic mass is 16.5. The molecule has 0 radical (unpaired) electrons. The van der Waals surface area contributed by atoms with E-state index in [0.29, 0.717) is 5.92 Å². The molecule has 1 spiro atoms. The Morgan fingerprint density at radius 1 is 1.10 bits per heavy atom. The number of hydrogen-bond donors (Lipinski definition) is 1. The van der Waals surface area contributed by atoms with Gasteiger partial charge in [0.1, 0.15) is 0 Å². The summed E-state index contributed by atoms with van der Waals surface area (Å²) in [4.78, 5) is 0. The van der Waals surface area contributed by atoms with Crippen molar-refractivity contribution in [3.8, 4) is 0 Å². The average Bonchev–Trinajstić information content (AvgIpc) is 3.06. The molecule has 2 N–H and O–H groups in total. The third-order valence-corrected chi connectivity index (χ3v) is 6.06. The fourth-order valence-electron chi connectivity index (χ4n) is 4.93. The second-order valence-electron chi connectivity index (χ2n) is 7.13. The van der Waals surface area contributed by atoms with Crippen LogP contribution in [0.3, 0.4) is 0 Å². The Morgan fingerprint density at radius 3 is 2.75 bits per heavy atom. The van der Waals surface area contributed by atoms with Crippen LogP contribution < -0.4 is 5.73 Å². The maximum absolute atomic E-state index is 6.94. The smallest absolute Gasteiger partial charge is 0.0686 e. The molecule has 108 valence electrons. The molecule has 20 heavy (non-hydrogen) atoms. The number of hydrogen-bond acceptors (Lipinski definition) is 2. The lowest BCUT2D eigenvalue weighted by molar-refractivity contribution is -0.105. The average molecular weight is 271 g/mol. The lowest BCUT2D eigenvalue weighted by atomic mass is 9.71. The van der Waals surface area contributed by atoms with Gasteiger partial charge in [-0.05, 0) is 55.6 Å². The van der Waals surface area contributed by atoms with E-state index in [1.165, 1.54) is 43.2 Å². The van der Waals surface area contributed by atoms with E-state index in [0.717, 1.165) is 25.9 Å². The first-order valence-electron chi connectivity index (χ1n) is 8.23. The summed E-state index contributed by atoms with van der Waals surface area (Å²) in [5.74, 6) is 0.595. The summed E-state index contributed by atoms with van der Waals surface area (Å²) in [6.07, 6.45) is 9.75. The molecule has 1 aromatic rings. The van der Waals surface area contributed by atoms with Crippen LogP contribution in [0.5, 0.6) is 0 Å². The SMILES string of the molecule is NC1(C2CCOC3(CCCC3)C2)CCc2ccccc21. The van der Waals surface area contributed by atoms with Crippen LogP contribution in [0.25, 0.3) is 0 Å². The minimum atomic E-state index is -0.101. The van der Waals surface area contributed by atoms with Crippen LogP contribution in [0.1, 0.15) is 56.1 Å². The molecule has 0 bridgehead atoms. The molecule has 1 saturated heterocycles. The molecule has 1 heterocycles. The summed E-state index contributed by atoms with van der Waals surface area (Å²) in [6.45, 7) is 0.909. The van der Waals surface area contributed by atoms with Crippen molar-refractivity contribution < 1.29 is 4.74 Å². The molecule has 1 aliphatic heterocycles. The van der Waals surface area contributed by atoms with E-state index < -0.39 is 0 Å². The molecular weight excluding hydrogens is 246 g/mol. The third-order valence-electron chi connectivity index (χ3n) is 6.06. The van der Waals surface area contributed by atoms with Crippen LogP contribution in [-0.4, -0.2) is 12.2 Å². The van der Waals surface area contributed by atoms with Crippen molar-refractivity contribution in [3.63, 3.8) is 0 Å². The molecule has 4 rings (SSSR count). The van der Waals surface area contributed by atoms with Crippen LogP contribution in [-0.2, 0) is 16.7 Å². The molecule has 1 aromatic carbocycles. The van der Waals surface area contributed by atoms with E-state index in [9.17, 15) is 0 Å². The van der Waals surface area contributed by atoms with Crippen LogP contribution in [0.4, 0.5) is 0 Å². The Hall–Kier alpha value is -0.860. The number of aryl methyl sites for hydroxylation is 1. The van der Waals surface area contributed by atoms with Crippen LogP contribution in [0.2, 0.25) is 0 Å². The van der Waals surface area contributed by atoms with Crippen LogP contribution in [0, 0.1) is 5.92 Å². The Morgan fingerprint density at radius 2 is 1.90 bits per heavy atom. The highest BCUT2D eigenvalue weighted by molar-refractivity contribution is 5.39. The maximum atomic E-state index is 6.94. The molecule has 0 amide bonds. The first-order chi connectivity index (χ1) is 9.72. The normalized spacial score (nSPS) is 35.4. The van der Waals surface area contributed by atoms with Crippen molar-refractivity contribution in [2.45, 2.75) is 62.5 Å². The second-order valence-corrected chi connectivity index (χ2v) is 7.13. The summed E-state index contributed by atoms with van der Waals surface area (Å²) < 4.78 is 6.19. The van der Waals surface area contributed by atoms with Crippen molar-refractivity contribution >= 4 is 0 Å². The van der Waals surface area contributed by atoms with E-state index in [2.05, 4.69) is 24.3 Å². The molecule has 2 unspecified atom stereocenters. The van der Waals surface area contributed by atoms with Gasteiger partial charge in [-0.3, -0.25) is 0 Å². The van der Waals surface area contributed by atoms with Gasteiger partial charge in [-0.15, -0.1) is 0 Å². The van der Waals surface area contributed by atoms with Gasteiger partial charge in [0.25, 0.3) is 0 Å². The van der Waals surface area contributed by atoms with E-state index in [1.54, 1.807) is 0 Å². The van der Waals surface area contributed by atoms with Gasteiger partial charge in [-0.2, -0.15) is 0 Å². The van der Waals surface area contributed by atoms with Gasteiger partial charge in [0, 0.05) is 12.1 Å². The first kappa shape index (κ1) is 12.8. The number of benzene rings is 1. The first-order valence-corrected chi connectivity index (χ1v) is 8.23. The predicted octanol–water partition coefficient (Wildman–Crippen LogP) is 3.53. The van der Waals surface area contributed by atoms with E-state index >= 15 is 0 Å². The molecule has 2 nitrogen and oxygen atoms in total. The molecule has 2 fully saturated rings. The number of nitrogens with two attached hydrogens (primary N) is 1. The van der Waals surface area contributed by atoms with Crippen molar-refractivity contribution in [1.29, 1.82) is 0 Å². The van der Waals surface area contributed by atoms with Gasteiger partial charge in [0.05, 0.1) is 5.60 Å². The summed E-state index contributed by atoms with van der Waals surface area (Å²) in [5.41, 5.74) is 9.90. The topological polar surface area (TPSA) is 35.2 Å². The number of rotatable bonds is 1. The Balaban J connectivity index is 1.64. The van der Waals surface area contributed by atoms with Gasteiger partial charge >= 0.3 is 0 Å². The molecular formula is C18H25NO. The maximum Gasteiger partial charge on any atom is 0.0686 e. The van der Waals surface area contributed by atoms with Gasteiger partial charge in [-0.1, -0.05) is 37.1 Å². The van der Waals surface area contributed by atoms with E-state index in [1.807, 2.05) is 0 Å². The minimum absolute atomic E-state index is 0.101. The zero-order chi connectivity index (χ0) is 13.6. The standard InChI is InChI=1S/C18H25NO/c19-18(11-7-14-5-1-2-6-16(14)18)15-8-12-20-17(13-15)9-3-4-10-17/h1-2,5-6,15H,3-4,7-13,19H2. The molecule has 2 aliphatic carbocycles. The van der Waals surface area contributed by atoms with Gasteiger partial charge in [-0.25, -0.2) is 0 Å². The lowest BCUT2D eigenvalue weighted by Gasteiger charge is -2.45.